The monoisotopic (exact) mass is 985 g/mol. The number of amides is 1. The van der Waals surface area contributed by atoms with Crippen molar-refractivity contribution in [3.05, 3.63) is 85.1 Å². The van der Waals surface area contributed by atoms with Gasteiger partial charge in [-0.2, -0.15) is 0 Å². The van der Waals surface area contributed by atoms with E-state index in [0.29, 0.717) is 17.4 Å². The van der Waals surface area contributed by atoms with E-state index in [0.717, 1.165) is 77.0 Å². The third-order valence-electron chi connectivity index (χ3n) is 12.3. The number of aliphatic hydroxyl groups is 1. The van der Waals surface area contributed by atoms with E-state index in [1.807, 2.05) is 27.2 Å². The number of allylic oxidation sites excluding steroid dienone is 13. The summed E-state index contributed by atoms with van der Waals surface area (Å²) in [5.74, 6) is -0.213. The minimum Gasteiger partial charge on any atom is -0.756 e. The number of rotatable bonds is 51. The summed E-state index contributed by atoms with van der Waals surface area (Å²) in [6, 6.07) is -0.909. The van der Waals surface area contributed by atoms with Gasteiger partial charge in [-0.1, -0.05) is 240 Å². The summed E-state index contributed by atoms with van der Waals surface area (Å²) < 4.78 is 23.2. The van der Waals surface area contributed by atoms with Crippen LogP contribution in [0.3, 0.4) is 0 Å². The van der Waals surface area contributed by atoms with Gasteiger partial charge in [-0.05, 0) is 77.0 Å². The van der Waals surface area contributed by atoms with Crippen LogP contribution in [0.4, 0.5) is 0 Å². The van der Waals surface area contributed by atoms with Crippen LogP contribution in [0.25, 0.3) is 0 Å². The smallest absolute Gasteiger partial charge is 0.268 e. The SMILES string of the molecule is CC/C=C\C/C=C\C/C=C\C/C=C\CCCCCCCCCCCCCCCCCCCCCCCCCCC(=O)NC(COP(=O)([O-])OCC[N+](C)(C)C)C(O)/C=C/CC/C=C/CC/C=C/CC. The molecule has 0 aromatic heterocycles. The molecule has 400 valence electrons. The maximum atomic E-state index is 12.9. The first kappa shape index (κ1) is 66.7. The van der Waals surface area contributed by atoms with Crippen molar-refractivity contribution in [1.82, 2.24) is 5.32 Å². The highest BCUT2D eigenvalue weighted by Gasteiger charge is 2.23. The topological polar surface area (TPSA) is 108 Å². The Kier molecular flexibility index (Phi) is 48.9. The van der Waals surface area contributed by atoms with Crippen LogP contribution in [-0.4, -0.2) is 68.5 Å². The summed E-state index contributed by atoms with van der Waals surface area (Å²) in [7, 11) is 1.23. The number of phosphoric ester groups is 1. The zero-order chi connectivity index (χ0) is 50.6. The zero-order valence-electron chi connectivity index (χ0n) is 45.5. The second-order valence-electron chi connectivity index (χ2n) is 20.2. The summed E-state index contributed by atoms with van der Waals surface area (Å²) in [6.07, 6.45) is 71.4. The number of nitrogens with zero attached hydrogens (tertiary/aromatic N) is 1. The van der Waals surface area contributed by atoms with E-state index in [-0.39, 0.29) is 12.5 Å². The minimum absolute atomic E-state index is 0.0106. The average Bonchev–Trinajstić information content (AvgIpc) is 3.31. The lowest BCUT2D eigenvalue weighted by molar-refractivity contribution is -0.870. The molecule has 0 aliphatic carbocycles. The number of carbonyl (C=O) groups is 1. The lowest BCUT2D eigenvalue weighted by Gasteiger charge is -2.29. The number of unbranched alkanes of at least 4 members (excludes halogenated alkanes) is 26. The van der Waals surface area contributed by atoms with Crippen molar-refractivity contribution in [2.75, 3.05) is 40.9 Å². The molecule has 2 N–H and O–H groups in total. The number of aliphatic hydroxyl groups excluding tert-OH is 1. The molecule has 0 fully saturated rings. The number of phosphoric acid groups is 1. The predicted molar refractivity (Wildman–Crippen MR) is 297 cm³/mol. The fourth-order valence-corrected chi connectivity index (χ4v) is 8.67. The van der Waals surface area contributed by atoms with Gasteiger partial charge in [0.05, 0.1) is 39.9 Å². The average molecular weight is 986 g/mol. The van der Waals surface area contributed by atoms with Crippen LogP contribution in [0, 0.1) is 0 Å². The lowest BCUT2D eigenvalue weighted by atomic mass is 10.0. The molecular weight excluding hydrogens is 876 g/mol. The maximum Gasteiger partial charge on any atom is 0.268 e. The van der Waals surface area contributed by atoms with Gasteiger partial charge in [0, 0.05) is 6.42 Å². The molecule has 0 rings (SSSR count). The molecule has 0 aliphatic heterocycles. The molecule has 69 heavy (non-hydrogen) atoms. The van der Waals surface area contributed by atoms with E-state index in [2.05, 4.69) is 92.1 Å². The van der Waals surface area contributed by atoms with Gasteiger partial charge in [-0.15, -0.1) is 0 Å². The second kappa shape index (κ2) is 50.6. The molecule has 9 heteroatoms. The van der Waals surface area contributed by atoms with Gasteiger partial charge in [0.25, 0.3) is 7.82 Å². The molecule has 1 amide bonds. The van der Waals surface area contributed by atoms with Crippen molar-refractivity contribution in [1.29, 1.82) is 0 Å². The zero-order valence-corrected chi connectivity index (χ0v) is 46.4. The highest BCUT2D eigenvalue weighted by molar-refractivity contribution is 7.45. The number of carbonyl (C=O) groups excluding carboxylic acids is 1. The summed E-state index contributed by atoms with van der Waals surface area (Å²) in [5.41, 5.74) is 0. The first-order valence-electron chi connectivity index (χ1n) is 28.4. The molecule has 0 aliphatic rings. The Bertz CT molecular complexity index is 1400. The molecule has 0 saturated heterocycles. The quantitative estimate of drug-likeness (QED) is 0.0272. The number of hydrogen-bond acceptors (Lipinski definition) is 6. The second-order valence-corrected chi connectivity index (χ2v) is 21.6. The van der Waals surface area contributed by atoms with E-state index < -0.39 is 26.6 Å². The predicted octanol–water partition coefficient (Wildman–Crippen LogP) is 16.6. The van der Waals surface area contributed by atoms with Crippen molar-refractivity contribution >= 4 is 13.7 Å². The fraction of sp³-hybridized carbons (Fsp3) is 0.750. The normalized spacial score (nSPS) is 14.6. The van der Waals surface area contributed by atoms with Crippen molar-refractivity contribution in [2.24, 2.45) is 0 Å². The molecule has 8 nitrogen and oxygen atoms in total. The Hall–Kier alpha value is -2.32. The molecule has 0 aromatic rings. The van der Waals surface area contributed by atoms with Gasteiger partial charge < -0.3 is 28.8 Å². The largest absolute Gasteiger partial charge is 0.756 e. The molecule has 0 radical (unpaired) electrons. The Morgan fingerprint density at radius 2 is 0.855 bits per heavy atom. The Labute approximate surface area is 426 Å². The molecule has 0 bridgehead atoms. The molecule has 0 heterocycles. The fourth-order valence-electron chi connectivity index (χ4n) is 7.95. The Balaban J connectivity index is 3.89. The molecule has 3 unspecified atom stereocenters. The number of quaternary nitrogens is 1. The van der Waals surface area contributed by atoms with Gasteiger partial charge in [0.2, 0.25) is 5.91 Å². The van der Waals surface area contributed by atoms with Gasteiger partial charge in [0.15, 0.2) is 0 Å². The molecular formula is C60H109N2O6P. The van der Waals surface area contributed by atoms with Gasteiger partial charge >= 0.3 is 0 Å². The van der Waals surface area contributed by atoms with Crippen molar-refractivity contribution < 1.29 is 32.9 Å². The maximum absolute atomic E-state index is 12.9. The number of hydrogen-bond donors (Lipinski definition) is 2. The highest BCUT2D eigenvalue weighted by Crippen LogP contribution is 2.38. The summed E-state index contributed by atoms with van der Waals surface area (Å²) in [5, 5.41) is 13.7. The van der Waals surface area contributed by atoms with Crippen molar-refractivity contribution in [3.63, 3.8) is 0 Å². The minimum atomic E-state index is -4.60. The van der Waals surface area contributed by atoms with Crippen LogP contribution >= 0.6 is 7.82 Å². The van der Waals surface area contributed by atoms with Crippen LogP contribution in [0.15, 0.2) is 85.1 Å². The van der Waals surface area contributed by atoms with Crippen LogP contribution in [0.5, 0.6) is 0 Å². The van der Waals surface area contributed by atoms with E-state index in [4.69, 9.17) is 9.05 Å². The lowest BCUT2D eigenvalue weighted by Crippen LogP contribution is -2.45. The Morgan fingerprint density at radius 1 is 0.507 bits per heavy atom. The first-order valence-corrected chi connectivity index (χ1v) is 29.9. The van der Waals surface area contributed by atoms with Gasteiger partial charge in [-0.25, -0.2) is 0 Å². The van der Waals surface area contributed by atoms with Crippen LogP contribution in [0.1, 0.15) is 239 Å². The van der Waals surface area contributed by atoms with E-state index in [9.17, 15) is 19.4 Å². The van der Waals surface area contributed by atoms with Crippen LogP contribution in [-0.2, 0) is 18.4 Å². The van der Waals surface area contributed by atoms with E-state index in [1.54, 1.807) is 6.08 Å². The van der Waals surface area contributed by atoms with Crippen molar-refractivity contribution in [3.8, 4) is 0 Å². The third-order valence-corrected chi connectivity index (χ3v) is 13.3. The van der Waals surface area contributed by atoms with E-state index in [1.165, 1.54) is 141 Å². The summed E-state index contributed by atoms with van der Waals surface area (Å²) in [4.78, 5) is 25.3. The molecule has 3 atom stereocenters. The number of nitrogens with one attached hydrogen (secondary N) is 1. The summed E-state index contributed by atoms with van der Waals surface area (Å²) >= 11 is 0. The third kappa shape index (κ3) is 53.3. The highest BCUT2D eigenvalue weighted by atomic mass is 31.2. The van der Waals surface area contributed by atoms with Gasteiger partial charge in [-0.3, -0.25) is 9.36 Å². The Morgan fingerprint density at radius 3 is 1.29 bits per heavy atom. The van der Waals surface area contributed by atoms with Crippen LogP contribution in [0.2, 0.25) is 0 Å². The standard InChI is InChI=1S/C60H109N2O6P/c1-6-8-10-12-14-16-18-19-20-21-22-23-24-25-26-27-28-29-30-31-32-33-34-35-36-37-38-39-40-41-42-43-44-46-48-50-52-54-60(64)61-58(57-68-69(65,66)67-56-55-62(3,4)5)59(63)53-51-49-47-45-17-15-13-11-9-7-2/h8-11,14,16-17,19-20,22-23,45,51,53,58-59,63H,6-7,12-13,15,18,21,24-44,46-50,52,54-57H2,1-5H3,(H-,61,64,65,66)/b10-8-,11-9+,16-14-,20-19-,23-22-,45-17+,53-51+. The van der Waals surface area contributed by atoms with Crippen LogP contribution < -0.4 is 10.2 Å². The molecule has 0 spiro atoms. The van der Waals surface area contributed by atoms with Gasteiger partial charge in [0.1, 0.15) is 13.2 Å². The number of likely N-dealkylation sites (N-methyl/N-ethyl adjacent to an activating group) is 1. The first-order chi connectivity index (χ1) is 33.5. The van der Waals surface area contributed by atoms with Crippen molar-refractivity contribution in [2.45, 2.75) is 251 Å². The molecule has 0 aromatic carbocycles. The summed E-state index contributed by atoms with van der Waals surface area (Å²) in [6.45, 7) is 4.38. The van der Waals surface area contributed by atoms with E-state index >= 15 is 0 Å². The molecule has 0 saturated carbocycles.